The smallest absolute Gasteiger partial charge is 0.254 e. The molecule has 1 N–H and O–H groups in total. The molecule has 2 heterocycles. The van der Waals surface area contributed by atoms with Crippen molar-refractivity contribution >= 4 is 22.7 Å². The lowest BCUT2D eigenvalue weighted by Crippen LogP contribution is -2.36. The molecular formula is C29H29N3O3. The molecule has 1 aromatic heterocycles. The van der Waals surface area contributed by atoms with Crippen LogP contribution in [0.3, 0.4) is 0 Å². The van der Waals surface area contributed by atoms with E-state index in [0.29, 0.717) is 31.8 Å². The number of fused-ring (bicyclic) bond motifs is 2. The van der Waals surface area contributed by atoms with Crippen LogP contribution in [0.15, 0.2) is 85.1 Å². The Morgan fingerprint density at radius 1 is 1.03 bits per heavy atom. The number of aromatic nitrogens is 1. The number of nitrogens with zero attached hydrogens (tertiary/aromatic N) is 2. The molecule has 6 heteroatoms. The van der Waals surface area contributed by atoms with Crippen molar-refractivity contribution in [1.29, 1.82) is 0 Å². The Morgan fingerprint density at radius 3 is 2.63 bits per heavy atom. The Morgan fingerprint density at radius 2 is 1.83 bits per heavy atom. The molecule has 2 amide bonds. The van der Waals surface area contributed by atoms with E-state index in [4.69, 9.17) is 4.74 Å². The highest BCUT2D eigenvalue weighted by Crippen LogP contribution is 2.26. The van der Waals surface area contributed by atoms with E-state index >= 15 is 0 Å². The van der Waals surface area contributed by atoms with Gasteiger partial charge < -0.3 is 19.5 Å². The van der Waals surface area contributed by atoms with E-state index in [-0.39, 0.29) is 17.7 Å². The minimum Gasteiger partial charge on any atom is -0.383 e. The van der Waals surface area contributed by atoms with Crippen molar-refractivity contribution < 1.29 is 14.3 Å². The van der Waals surface area contributed by atoms with Crippen LogP contribution in [0.25, 0.3) is 10.9 Å². The summed E-state index contributed by atoms with van der Waals surface area (Å²) in [6.07, 6.45) is 2.02. The monoisotopic (exact) mass is 467 g/mol. The van der Waals surface area contributed by atoms with Crippen LogP contribution in [-0.2, 0) is 17.8 Å². The highest BCUT2D eigenvalue weighted by atomic mass is 16.5. The molecule has 0 saturated heterocycles. The van der Waals surface area contributed by atoms with Crippen molar-refractivity contribution in [2.45, 2.75) is 19.0 Å². The van der Waals surface area contributed by atoms with Crippen LogP contribution in [0.2, 0.25) is 0 Å². The molecule has 5 rings (SSSR count). The average Bonchev–Trinajstić information content (AvgIpc) is 3.45. The van der Waals surface area contributed by atoms with Gasteiger partial charge in [0.05, 0.1) is 6.61 Å². The summed E-state index contributed by atoms with van der Waals surface area (Å²) in [7, 11) is 1.69. The highest BCUT2D eigenvalue weighted by molar-refractivity contribution is 5.99. The lowest BCUT2D eigenvalue weighted by molar-refractivity contribution is 0.0767. The molecule has 0 aliphatic carbocycles. The molecule has 0 unspecified atom stereocenters. The molecule has 0 bridgehead atoms. The summed E-state index contributed by atoms with van der Waals surface area (Å²) in [6, 6.07) is 25.6. The topological polar surface area (TPSA) is 63.6 Å². The van der Waals surface area contributed by atoms with Crippen molar-refractivity contribution in [3.63, 3.8) is 0 Å². The first-order chi connectivity index (χ1) is 17.1. The van der Waals surface area contributed by atoms with E-state index in [0.717, 1.165) is 34.1 Å². The van der Waals surface area contributed by atoms with Crippen molar-refractivity contribution in [3.05, 3.63) is 107 Å². The van der Waals surface area contributed by atoms with Crippen molar-refractivity contribution in [2.75, 3.05) is 26.8 Å². The first kappa shape index (κ1) is 22.9. The minimum atomic E-state index is -0.117. The van der Waals surface area contributed by atoms with Crippen LogP contribution in [0, 0.1) is 0 Å². The molecule has 0 spiro atoms. The van der Waals surface area contributed by atoms with Gasteiger partial charge in [0.2, 0.25) is 0 Å². The van der Waals surface area contributed by atoms with Gasteiger partial charge in [-0.1, -0.05) is 48.5 Å². The van der Waals surface area contributed by atoms with E-state index in [1.807, 2.05) is 77.8 Å². The number of hydrogen-bond donors (Lipinski definition) is 1. The molecular weight excluding hydrogens is 438 g/mol. The molecule has 0 radical (unpaired) electrons. The quantitative estimate of drug-likeness (QED) is 0.395. The number of rotatable bonds is 9. The summed E-state index contributed by atoms with van der Waals surface area (Å²) in [6.45, 7) is 2.99. The minimum absolute atomic E-state index is 0.0164. The largest absolute Gasteiger partial charge is 0.383 e. The number of carbonyl (C=O) groups is 2. The number of hydrogen-bond acceptors (Lipinski definition) is 3. The van der Waals surface area contributed by atoms with Crippen LogP contribution in [-0.4, -0.2) is 48.1 Å². The predicted molar refractivity (Wildman–Crippen MR) is 137 cm³/mol. The van der Waals surface area contributed by atoms with Gasteiger partial charge in [-0.2, -0.15) is 0 Å². The van der Waals surface area contributed by atoms with Crippen LogP contribution >= 0.6 is 0 Å². The normalized spacial score (nSPS) is 13.7. The molecule has 1 aliphatic rings. The number of ether oxygens (including phenoxy) is 1. The second-order valence-electron chi connectivity index (χ2n) is 8.94. The third kappa shape index (κ3) is 4.84. The fraction of sp³-hybridized carbons (Fsp3) is 0.241. The van der Waals surface area contributed by atoms with Crippen LogP contribution < -0.4 is 5.32 Å². The number of benzene rings is 3. The van der Waals surface area contributed by atoms with Crippen LogP contribution in [0.5, 0.6) is 0 Å². The van der Waals surface area contributed by atoms with Crippen molar-refractivity contribution in [3.8, 4) is 0 Å². The van der Waals surface area contributed by atoms with Gasteiger partial charge in [-0.05, 0) is 41.5 Å². The highest BCUT2D eigenvalue weighted by Gasteiger charge is 2.29. The first-order valence-corrected chi connectivity index (χ1v) is 11.9. The third-order valence-electron chi connectivity index (χ3n) is 6.69. The molecule has 0 fully saturated rings. The summed E-state index contributed by atoms with van der Waals surface area (Å²) in [4.78, 5) is 27.9. The number of nitrogens with one attached hydrogen (secondary N) is 1. The lowest BCUT2D eigenvalue weighted by atomic mass is 9.98. The maximum absolute atomic E-state index is 13.1. The van der Waals surface area contributed by atoms with Crippen molar-refractivity contribution in [2.24, 2.45) is 0 Å². The van der Waals surface area contributed by atoms with E-state index in [9.17, 15) is 9.59 Å². The van der Waals surface area contributed by atoms with Gasteiger partial charge in [0.15, 0.2) is 0 Å². The van der Waals surface area contributed by atoms with E-state index < -0.39 is 0 Å². The lowest BCUT2D eigenvalue weighted by Gasteiger charge is -2.24. The summed E-state index contributed by atoms with van der Waals surface area (Å²) in [5.41, 5.74) is 4.63. The van der Waals surface area contributed by atoms with Gasteiger partial charge in [-0.25, -0.2) is 0 Å². The number of amides is 2. The SMILES string of the molecule is COCCn1ccc2cc(C(=O)NC[C@@H](CN3Cc4ccccc4C3=O)c3ccccc3)ccc21. The summed E-state index contributed by atoms with van der Waals surface area (Å²) >= 11 is 0. The molecule has 6 nitrogen and oxygen atoms in total. The second-order valence-corrected chi connectivity index (χ2v) is 8.94. The molecule has 0 saturated carbocycles. The molecule has 3 aromatic carbocycles. The zero-order valence-electron chi connectivity index (χ0n) is 19.8. The van der Waals surface area contributed by atoms with Gasteiger partial charge in [0, 0.05) is 67.4 Å². The predicted octanol–water partition coefficient (Wildman–Crippen LogP) is 4.46. The zero-order valence-corrected chi connectivity index (χ0v) is 19.8. The zero-order chi connectivity index (χ0) is 24.2. The number of methoxy groups -OCH3 is 1. The van der Waals surface area contributed by atoms with Gasteiger partial charge in [0.25, 0.3) is 11.8 Å². The van der Waals surface area contributed by atoms with Gasteiger partial charge in [0.1, 0.15) is 0 Å². The van der Waals surface area contributed by atoms with Crippen molar-refractivity contribution in [1.82, 2.24) is 14.8 Å². The summed E-state index contributed by atoms with van der Waals surface area (Å²) in [5.74, 6) is -0.0814. The first-order valence-electron chi connectivity index (χ1n) is 11.9. The summed E-state index contributed by atoms with van der Waals surface area (Å²) in [5, 5.41) is 4.13. The van der Waals surface area contributed by atoms with Gasteiger partial charge in [-0.15, -0.1) is 0 Å². The maximum atomic E-state index is 13.1. The molecule has 1 atom stereocenters. The molecule has 1 aliphatic heterocycles. The molecule has 178 valence electrons. The second kappa shape index (κ2) is 10.2. The molecule has 35 heavy (non-hydrogen) atoms. The molecule has 4 aromatic rings. The Balaban J connectivity index is 1.29. The standard InChI is InChI=1S/C29H29N3O3/c1-35-16-15-31-14-13-22-17-23(11-12-27(22)31)28(33)30-18-25(21-7-3-2-4-8-21)20-32-19-24-9-5-6-10-26(24)29(32)34/h2-14,17,25H,15-16,18-20H2,1H3,(H,30,33)/t25-/m0/s1. The van der Waals surface area contributed by atoms with Crippen LogP contribution in [0.4, 0.5) is 0 Å². The van der Waals surface area contributed by atoms with Crippen LogP contribution in [0.1, 0.15) is 37.8 Å². The van der Waals surface area contributed by atoms with Gasteiger partial charge in [-0.3, -0.25) is 9.59 Å². The third-order valence-corrected chi connectivity index (χ3v) is 6.69. The number of carbonyl (C=O) groups excluding carboxylic acids is 2. The van der Waals surface area contributed by atoms with Gasteiger partial charge >= 0.3 is 0 Å². The van der Waals surface area contributed by atoms with E-state index in [2.05, 4.69) is 22.0 Å². The van der Waals surface area contributed by atoms with E-state index in [1.54, 1.807) is 7.11 Å². The van der Waals surface area contributed by atoms with E-state index in [1.165, 1.54) is 0 Å². The summed E-state index contributed by atoms with van der Waals surface area (Å²) < 4.78 is 7.30. The Kier molecular flexibility index (Phi) is 6.64. The Hall–Kier alpha value is -3.90. The Labute approximate surface area is 205 Å². The Bertz CT molecular complexity index is 1350. The fourth-order valence-corrected chi connectivity index (χ4v) is 4.79. The fourth-order valence-electron chi connectivity index (χ4n) is 4.79. The maximum Gasteiger partial charge on any atom is 0.254 e. The average molecular weight is 468 g/mol.